The maximum atomic E-state index is 4.88. The highest BCUT2D eigenvalue weighted by Crippen LogP contribution is 2.46. The fraction of sp³-hybridized carbons (Fsp3) is 0. The SMILES string of the molecule is c1cc(-c2cccc(-c3c4ccccc4c(-c4cnc5ccccc5c4)c4ccccc34)c2)cc(-c2c3ccccc3c(-c3cnc4ccccc4c3)c3ccccc23)c1. The van der Waals surface area contributed by atoms with Crippen LogP contribution in [0.3, 0.4) is 0 Å². The van der Waals surface area contributed by atoms with Crippen molar-refractivity contribution in [1.29, 1.82) is 0 Å². The highest BCUT2D eigenvalue weighted by Gasteiger charge is 2.20. The molecule has 0 radical (unpaired) electrons. The second kappa shape index (κ2) is 13.9. The van der Waals surface area contributed by atoms with Crippen LogP contribution < -0.4 is 0 Å². The minimum Gasteiger partial charge on any atom is -0.256 e. The molecule has 0 saturated carbocycles. The van der Waals surface area contributed by atoms with Crippen LogP contribution in [0.5, 0.6) is 0 Å². The van der Waals surface area contributed by atoms with Gasteiger partial charge in [-0.25, -0.2) is 0 Å². The van der Waals surface area contributed by atoms with Crippen molar-refractivity contribution >= 4 is 64.9 Å². The fourth-order valence-electron chi connectivity index (χ4n) is 9.62. The Morgan fingerprint density at radius 3 is 0.850 bits per heavy atom. The lowest BCUT2D eigenvalue weighted by molar-refractivity contribution is 1.41. The van der Waals surface area contributed by atoms with E-state index in [1.807, 2.05) is 24.5 Å². The molecule has 2 aromatic heterocycles. The van der Waals surface area contributed by atoms with Gasteiger partial charge in [0.1, 0.15) is 0 Å². The summed E-state index contributed by atoms with van der Waals surface area (Å²) in [5.74, 6) is 0. The average Bonchev–Trinajstić information content (AvgIpc) is 3.32. The number of fused-ring (bicyclic) bond motifs is 6. The molecule has 0 amide bonds. The first-order chi connectivity index (χ1) is 29.8. The maximum absolute atomic E-state index is 4.88. The van der Waals surface area contributed by atoms with E-state index in [0.29, 0.717) is 0 Å². The molecule has 0 bridgehead atoms. The molecule has 0 saturated heterocycles. The smallest absolute Gasteiger partial charge is 0.0702 e. The van der Waals surface area contributed by atoms with E-state index >= 15 is 0 Å². The summed E-state index contributed by atoms with van der Waals surface area (Å²) in [4.78, 5) is 9.77. The molecule has 0 aliphatic rings. The quantitative estimate of drug-likeness (QED) is 0.163. The predicted octanol–water partition coefficient (Wildman–Crippen LogP) is 15.7. The van der Waals surface area contributed by atoms with Gasteiger partial charge < -0.3 is 0 Å². The van der Waals surface area contributed by atoms with Crippen LogP contribution in [0.4, 0.5) is 0 Å². The Labute approximate surface area is 347 Å². The van der Waals surface area contributed by atoms with Crippen molar-refractivity contribution in [1.82, 2.24) is 9.97 Å². The molecule has 60 heavy (non-hydrogen) atoms. The highest BCUT2D eigenvalue weighted by atomic mass is 14.7. The monoisotopic (exact) mass is 760 g/mol. The molecule has 0 N–H and O–H groups in total. The third-order valence-electron chi connectivity index (χ3n) is 12.3. The first-order valence-corrected chi connectivity index (χ1v) is 20.6. The van der Waals surface area contributed by atoms with Crippen LogP contribution in [0.25, 0.3) is 121 Å². The summed E-state index contributed by atoms with van der Waals surface area (Å²) >= 11 is 0. The van der Waals surface area contributed by atoms with E-state index in [0.717, 1.165) is 32.9 Å². The number of rotatable bonds is 5. The number of nitrogens with zero attached hydrogens (tertiary/aromatic N) is 2. The van der Waals surface area contributed by atoms with E-state index in [9.17, 15) is 0 Å². The Kier molecular flexibility index (Phi) is 7.89. The maximum Gasteiger partial charge on any atom is 0.0702 e. The zero-order chi connectivity index (χ0) is 39.6. The van der Waals surface area contributed by atoms with Gasteiger partial charge in [0.25, 0.3) is 0 Å². The van der Waals surface area contributed by atoms with Gasteiger partial charge in [0.15, 0.2) is 0 Å². The largest absolute Gasteiger partial charge is 0.256 e. The number of hydrogen-bond donors (Lipinski definition) is 0. The lowest BCUT2D eigenvalue weighted by Crippen LogP contribution is -1.92. The zero-order valence-corrected chi connectivity index (χ0v) is 32.7. The molecule has 12 rings (SSSR count). The van der Waals surface area contributed by atoms with Gasteiger partial charge in [0, 0.05) is 34.3 Å². The summed E-state index contributed by atoms with van der Waals surface area (Å²) in [5.41, 5.74) is 13.9. The molecule has 0 spiro atoms. The summed E-state index contributed by atoms with van der Waals surface area (Å²) in [7, 11) is 0. The Morgan fingerprint density at radius 1 is 0.217 bits per heavy atom. The molecule has 278 valence electrons. The Balaban J connectivity index is 1.03. The van der Waals surface area contributed by atoms with E-state index < -0.39 is 0 Å². The third-order valence-corrected chi connectivity index (χ3v) is 12.3. The van der Waals surface area contributed by atoms with Gasteiger partial charge in [0.05, 0.1) is 11.0 Å². The second-order valence-corrected chi connectivity index (χ2v) is 15.7. The first-order valence-electron chi connectivity index (χ1n) is 20.6. The van der Waals surface area contributed by atoms with Gasteiger partial charge >= 0.3 is 0 Å². The molecule has 12 aromatic rings. The molecular formula is C58H36N2. The summed E-state index contributed by atoms with van der Waals surface area (Å²) in [6.45, 7) is 0. The van der Waals surface area contributed by atoms with Crippen molar-refractivity contribution in [2.75, 3.05) is 0 Å². The van der Waals surface area contributed by atoms with Crippen molar-refractivity contribution in [2.45, 2.75) is 0 Å². The number of aromatic nitrogens is 2. The van der Waals surface area contributed by atoms with Gasteiger partial charge in [0.2, 0.25) is 0 Å². The standard InChI is InChI=1S/C58H36N2/c1-11-29-53-39(15-1)33-43(35-59-53)57-49-25-7-3-21-45(49)55(46-22-4-8-26-50(46)57)41-19-13-17-37(31-41)38-18-14-20-42(32-38)56-47-23-5-9-27-51(47)58(52-28-10-6-24-48(52)56)44-34-40-16-2-12-30-54(40)60-36-44/h1-36H. The molecule has 2 nitrogen and oxygen atoms in total. The molecule has 0 unspecified atom stereocenters. The second-order valence-electron chi connectivity index (χ2n) is 15.7. The van der Waals surface area contributed by atoms with Gasteiger partial charge in [-0.05, 0) is 124 Å². The van der Waals surface area contributed by atoms with Crippen molar-refractivity contribution < 1.29 is 0 Å². The molecule has 0 atom stereocenters. The first kappa shape index (κ1) is 34.1. The fourth-order valence-corrected chi connectivity index (χ4v) is 9.62. The molecule has 0 aliphatic carbocycles. The summed E-state index contributed by atoms with van der Waals surface area (Å²) < 4.78 is 0. The van der Waals surface area contributed by atoms with Crippen molar-refractivity contribution in [3.63, 3.8) is 0 Å². The molecule has 2 heterocycles. The molecule has 10 aromatic carbocycles. The van der Waals surface area contributed by atoms with E-state index in [-0.39, 0.29) is 0 Å². The van der Waals surface area contributed by atoms with Crippen LogP contribution in [-0.2, 0) is 0 Å². The van der Waals surface area contributed by atoms with Crippen LogP contribution in [0, 0.1) is 0 Å². The van der Waals surface area contributed by atoms with Crippen LogP contribution in [-0.4, -0.2) is 9.97 Å². The van der Waals surface area contributed by atoms with Crippen LogP contribution >= 0.6 is 0 Å². The topological polar surface area (TPSA) is 25.8 Å². The number of benzene rings is 10. The van der Waals surface area contributed by atoms with Gasteiger partial charge in [-0.1, -0.05) is 170 Å². The van der Waals surface area contributed by atoms with Crippen LogP contribution in [0.2, 0.25) is 0 Å². The van der Waals surface area contributed by atoms with Crippen molar-refractivity contribution in [2.24, 2.45) is 0 Å². The minimum absolute atomic E-state index is 1.00. The van der Waals surface area contributed by atoms with E-state index in [1.165, 1.54) is 87.6 Å². The molecule has 0 aliphatic heterocycles. The zero-order valence-electron chi connectivity index (χ0n) is 32.7. The Hall–Kier alpha value is -7.94. The normalized spacial score (nSPS) is 11.7. The predicted molar refractivity (Wildman–Crippen MR) is 254 cm³/mol. The lowest BCUT2D eigenvalue weighted by atomic mass is 9.84. The van der Waals surface area contributed by atoms with Crippen LogP contribution in [0.15, 0.2) is 219 Å². The van der Waals surface area contributed by atoms with E-state index in [2.05, 4.69) is 194 Å². The molecular weight excluding hydrogens is 725 g/mol. The summed E-state index contributed by atoms with van der Waals surface area (Å²) in [6, 6.07) is 74.8. The number of hydrogen-bond acceptors (Lipinski definition) is 2. The van der Waals surface area contributed by atoms with Gasteiger partial charge in [-0.2, -0.15) is 0 Å². The Bertz CT molecular complexity index is 3320. The van der Waals surface area contributed by atoms with Crippen molar-refractivity contribution in [3.8, 4) is 55.6 Å². The summed E-state index contributed by atoms with van der Waals surface area (Å²) in [5, 5.41) is 12.1. The molecule has 2 heteroatoms. The van der Waals surface area contributed by atoms with Crippen LogP contribution in [0.1, 0.15) is 0 Å². The van der Waals surface area contributed by atoms with Gasteiger partial charge in [-0.3, -0.25) is 9.97 Å². The van der Waals surface area contributed by atoms with E-state index in [4.69, 9.17) is 9.97 Å². The average molecular weight is 761 g/mol. The highest BCUT2D eigenvalue weighted by molar-refractivity contribution is 6.23. The third kappa shape index (κ3) is 5.50. The lowest BCUT2D eigenvalue weighted by Gasteiger charge is -2.19. The van der Waals surface area contributed by atoms with E-state index in [1.54, 1.807) is 0 Å². The van der Waals surface area contributed by atoms with Gasteiger partial charge in [-0.15, -0.1) is 0 Å². The minimum atomic E-state index is 1.00. The van der Waals surface area contributed by atoms with Crippen molar-refractivity contribution in [3.05, 3.63) is 219 Å². The number of pyridine rings is 2. The number of para-hydroxylation sites is 2. The molecule has 0 fully saturated rings. The Morgan fingerprint density at radius 2 is 0.500 bits per heavy atom. The summed E-state index contributed by atoms with van der Waals surface area (Å²) in [6.07, 6.45) is 4.06.